The molecular weight excluding hydrogens is 222 g/mol. The van der Waals surface area contributed by atoms with E-state index in [-0.39, 0.29) is 24.4 Å². The van der Waals surface area contributed by atoms with Gasteiger partial charge in [-0.25, -0.2) is 0 Å². The van der Waals surface area contributed by atoms with E-state index < -0.39 is 0 Å². The molecule has 0 saturated carbocycles. The van der Waals surface area contributed by atoms with Crippen LogP contribution in [-0.4, -0.2) is 41.1 Å². The number of aromatic nitrogens is 2. The molecule has 2 amide bonds. The number of carbonyl (C=O) groups is 2. The Kier molecular flexibility index (Phi) is 3.61. The number of nitrogens with zero attached hydrogens (tertiary/aromatic N) is 2. The van der Waals surface area contributed by atoms with Crippen molar-refractivity contribution in [3.63, 3.8) is 0 Å². The van der Waals surface area contributed by atoms with Gasteiger partial charge in [-0.15, -0.1) is 0 Å². The van der Waals surface area contributed by atoms with Crippen LogP contribution in [0.5, 0.6) is 0 Å². The molecule has 1 aromatic heterocycles. The van der Waals surface area contributed by atoms with Crippen LogP contribution in [0.2, 0.25) is 0 Å². The van der Waals surface area contributed by atoms with E-state index in [0.29, 0.717) is 18.8 Å². The van der Waals surface area contributed by atoms with Crippen molar-refractivity contribution >= 4 is 11.8 Å². The number of rotatable bonds is 3. The van der Waals surface area contributed by atoms with Gasteiger partial charge in [0, 0.05) is 12.7 Å². The van der Waals surface area contributed by atoms with Gasteiger partial charge in [0.25, 0.3) is 0 Å². The maximum absolute atomic E-state index is 11.7. The molecule has 1 aliphatic heterocycles. The standard InChI is InChI=1S/C10H13N5O2/c16-9-6-11-8(5-12-9)10(17)13-4-7-2-1-3-14-15-7/h1-3,8,11H,4-6H2,(H,12,16)(H,13,17). The van der Waals surface area contributed by atoms with Crippen LogP contribution < -0.4 is 16.0 Å². The lowest BCUT2D eigenvalue weighted by Gasteiger charge is -2.22. The highest BCUT2D eigenvalue weighted by molar-refractivity contribution is 5.86. The van der Waals surface area contributed by atoms with E-state index in [4.69, 9.17) is 0 Å². The molecule has 2 heterocycles. The molecule has 90 valence electrons. The van der Waals surface area contributed by atoms with Crippen molar-refractivity contribution in [2.45, 2.75) is 12.6 Å². The predicted molar refractivity (Wildman–Crippen MR) is 58.7 cm³/mol. The zero-order valence-corrected chi connectivity index (χ0v) is 9.14. The summed E-state index contributed by atoms with van der Waals surface area (Å²) in [6.45, 7) is 0.813. The second-order valence-corrected chi connectivity index (χ2v) is 3.67. The molecule has 3 N–H and O–H groups in total. The molecule has 2 rings (SSSR count). The SMILES string of the molecule is O=C1CNC(C(=O)NCc2cccnn2)CN1. The number of nitrogens with one attached hydrogen (secondary N) is 3. The summed E-state index contributed by atoms with van der Waals surface area (Å²) in [7, 11) is 0. The molecule has 17 heavy (non-hydrogen) atoms. The molecule has 1 aliphatic rings. The Bertz CT molecular complexity index is 398. The molecule has 0 aromatic carbocycles. The summed E-state index contributed by atoms with van der Waals surface area (Å²) in [4.78, 5) is 22.6. The molecule has 1 fully saturated rings. The number of piperazine rings is 1. The lowest BCUT2D eigenvalue weighted by Crippen LogP contribution is -2.57. The smallest absolute Gasteiger partial charge is 0.239 e. The van der Waals surface area contributed by atoms with Crippen molar-refractivity contribution in [1.82, 2.24) is 26.1 Å². The lowest BCUT2D eigenvalue weighted by atomic mass is 10.2. The molecule has 7 nitrogen and oxygen atoms in total. The van der Waals surface area contributed by atoms with Crippen LogP contribution in [0, 0.1) is 0 Å². The van der Waals surface area contributed by atoms with Crippen LogP contribution in [0.1, 0.15) is 5.69 Å². The highest BCUT2D eigenvalue weighted by Gasteiger charge is 2.23. The topological polar surface area (TPSA) is 96.0 Å². The van der Waals surface area contributed by atoms with Crippen LogP contribution in [0.4, 0.5) is 0 Å². The van der Waals surface area contributed by atoms with Crippen LogP contribution in [0.15, 0.2) is 18.3 Å². The first-order valence-corrected chi connectivity index (χ1v) is 5.30. The van der Waals surface area contributed by atoms with Crippen LogP contribution in [0.3, 0.4) is 0 Å². The van der Waals surface area contributed by atoms with Crippen molar-refractivity contribution in [1.29, 1.82) is 0 Å². The summed E-state index contributed by atoms with van der Waals surface area (Å²) >= 11 is 0. The van der Waals surface area contributed by atoms with E-state index in [1.165, 1.54) is 0 Å². The summed E-state index contributed by atoms with van der Waals surface area (Å²) < 4.78 is 0. The average molecular weight is 235 g/mol. The highest BCUT2D eigenvalue weighted by atomic mass is 16.2. The van der Waals surface area contributed by atoms with Gasteiger partial charge >= 0.3 is 0 Å². The lowest BCUT2D eigenvalue weighted by molar-refractivity contribution is -0.126. The minimum absolute atomic E-state index is 0.0945. The van der Waals surface area contributed by atoms with E-state index in [1.54, 1.807) is 18.3 Å². The minimum atomic E-state index is -0.385. The van der Waals surface area contributed by atoms with Crippen LogP contribution in [-0.2, 0) is 16.1 Å². The minimum Gasteiger partial charge on any atom is -0.353 e. The zero-order valence-electron chi connectivity index (χ0n) is 9.14. The van der Waals surface area contributed by atoms with Gasteiger partial charge in [0.15, 0.2) is 0 Å². The third kappa shape index (κ3) is 3.22. The van der Waals surface area contributed by atoms with Gasteiger partial charge in [0.05, 0.1) is 18.8 Å². The number of hydrogen-bond acceptors (Lipinski definition) is 5. The van der Waals surface area contributed by atoms with Gasteiger partial charge in [0.1, 0.15) is 6.04 Å². The van der Waals surface area contributed by atoms with Gasteiger partial charge in [-0.3, -0.25) is 14.9 Å². The number of amides is 2. The van der Waals surface area contributed by atoms with Gasteiger partial charge in [0.2, 0.25) is 11.8 Å². The first kappa shape index (κ1) is 11.5. The largest absolute Gasteiger partial charge is 0.353 e. The summed E-state index contributed by atoms with van der Waals surface area (Å²) in [6.07, 6.45) is 1.57. The van der Waals surface area contributed by atoms with Crippen LogP contribution in [0.25, 0.3) is 0 Å². The van der Waals surface area contributed by atoms with Crippen LogP contribution >= 0.6 is 0 Å². The maximum Gasteiger partial charge on any atom is 0.239 e. The normalized spacial score (nSPS) is 19.5. The molecule has 1 unspecified atom stereocenters. The Labute approximate surface area is 98.0 Å². The third-order valence-electron chi connectivity index (χ3n) is 2.40. The second kappa shape index (κ2) is 5.35. The Morgan fingerprint density at radius 2 is 2.47 bits per heavy atom. The molecule has 1 atom stereocenters. The van der Waals surface area contributed by atoms with Crippen molar-refractivity contribution in [2.24, 2.45) is 0 Å². The Hall–Kier alpha value is -2.02. The Balaban J connectivity index is 1.80. The van der Waals surface area contributed by atoms with Gasteiger partial charge in [-0.05, 0) is 12.1 Å². The van der Waals surface area contributed by atoms with Gasteiger partial charge < -0.3 is 10.6 Å². The zero-order chi connectivity index (χ0) is 12.1. The van der Waals surface area contributed by atoms with E-state index in [2.05, 4.69) is 26.1 Å². The molecular formula is C10H13N5O2. The maximum atomic E-state index is 11.7. The van der Waals surface area contributed by atoms with E-state index >= 15 is 0 Å². The molecule has 1 aromatic rings. The average Bonchev–Trinajstić information content (AvgIpc) is 2.38. The fraction of sp³-hybridized carbons (Fsp3) is 0.400. The summed E-state index contributed by atoms with van der Waals surface area (Å²) in [5, 5.41) is 15.8. The summed E-state index contributed by atoms with van der Waals surface area (Å²) in [5.41, 5.74) is 0.695. The molecule has 0 radical (unpaired) electrons. The Morgan fingerprint density at radius 3 is 3.12 bits per heavy atom. The monoisotopic (exact) mass is 235 g/mol. The Morgan fingerprint density at radius 1 is 1.59 bits per heavy atom. The van der Waals surface area contributed by atoms with Crippen molar-refractivity contribution in [2.75, 3.05) is 13.1 Å². The van der Waals surface area contributed by atoms with Gasteiger partial charge in [-0.1, -0.05) is 0 Å². The van der Waals surface area contributed by atoms with Crippen molar-refractivity contribution < 1.29 is 9.59 Å². The first-order valence-electron chi connectivity index (χ1n) is 5.30. The highest BCUT2D eigenvalue weighted by Crippen LogP contribution is 1.92. The molecule has 7 heteroatoms. The predicted octanol–water partition coefficient (Wildman–Crippen LogP) is -1.82. The number of hydrogen-bond donors (Lipinski definition) is 3. The fourth-order valence-electron chi connectivity index (χ4n) is 1.48. The first-order chi connectivity index (χ1) is 8.25. The third-order valence-corrected chi connectivity index (χ3v) is 2.40. The molecule has 0 aliphatic carbocycles. The van der Waals surface area contributed by atoms with E-state index in [1.807, 2.05) is 0 Å². The number of carbonyl (C=O) groups excluding carboxylic acids is 2. The summed E-state index contributed by atoms with van der Waals surface area (Å²) in [5.74, 6) is -0.251. The van der Waals surface area contributed by atoms with E-state index in [9.17, 15) is 9.59 Å². The van der Waals surface area contributed by atoms with Crippen molar-refractivity contribution in [3.8, 4) is 0 Å². The molecule has 0 spiro atoms. The fourth-order valence-corrected chi connectivity index (χ4v) is 1.48. The summed E-state index contributed by atoms with van der Waals surface area (Å²) in [6, 6.07) is 3.15. The van der Waals surface area contributed by atoms with E-state index in [0.717, 1.165) is 0 Å². The molecule has 1 saturated heterocycles. The quantitative estimate of drug-likeness (QED) is 0.573. The molecule has 0 bridgehead atoms. The van der Waals surface area contributed by atoms with Crippen molar-refractivity contribution in [3.05, 3.63) is 24.0 Å². The second-order valence-electron chi connectivity index (χ2n) is 3.67. The van der Waals surface area contributed by atoms with Gasteiger partial charge in [-0.2, -0.15) is 10.2 Å².